The Morgan fingerprint density at radius 1 is 0.912 bits per heavy atom. The Hall–Kier alpha value is -3.02. The molecule has 3 aromatic rings. The number of aryl methyl sites for hydroxylation is 2. The number of aromatic nitrogens is 2. The number of amides is 1. The summed E-state index contributed by atoms with van der Waals surface area (Å²) in [7, 11) is 3.15. The molecule has 0 aliphatic rings. The molecule has 2 aromatic carbocycles. The molecule has 0 unspecified atom stereocenters. The maximum absolute atomic E-state index is 12.6. The second-order valence-electron chi connectivity index (χ2n) is 8.72. The molecule has 0 aliphatic heterocycles. The highest BCUT2D eigenvalue weighted by molar-refractivity contribution is 5.94. The van der Waals surface area contributed by atoms with Gasteiger partial charge in [-0.3, -0.25) is 4.79 Å². The van der Waals surface area contributed by atoms with Crippen molar-refractivity contribution in [1.82, 2.24) is 14.9 Å². The fourth-order valence-corrected chi connectivity index (χ4v) is 4.32. The molecule has 0 radical (unpaired) electrons. The summed E-state index contributed by atoms with van der Waals surface area (Å²) in [6.45, 7) is 3.85. The molecule has 1 amide bonds. The van der Waals surface area contributed by atoms with Gasteiger partial charge < -0.3 is 19.4 Å². The lowest BCUT2D eigenvalue weighted by Gasteiger charge is -2.11. The number of hydrogen-bond acceptors (Lipinski definition) is 4. The molecular weight excluding hydrogens is 426 g/mol. The number of carbonyl (C=O) groups excluding carboxylic acids is 1. The van der Waals surface area contributed by atoms with Crippen molar-refractivity contribution in [3.05, 3.63) is 53.9 Å². The molecule has 0 spiro atoms. The Morgan fingerprint density at radius 2 is 1.65 bits per heavy atom. The Morgan fingerprint density at radius 3 is 2.41 bits per heavy atom. The first-order valence-electron chi connectivity index (χ1n) is 12.6. The first-order chi connectivity index (χ1) is 16.7. The van der Waals surface area contributed by atoms with Gasteiger partial charge in [0, 0.05) is 25.1 Å². The van der Waals surface area contributed by atoms with Crippen molar-refractivity contribution in [3.8, 4) is 11.5 Å². The number of methoxy groups -OCH3 is 2. The van der Waals surface area contributed by atoms with E-state index in [-0.39, 0.29) is 5.91 Å². The van der Waals surface area contributed by atoms with E-state index in [1.165, 1.54) is 50.5 Å². The summed E-state index contributed by atoms with van der Waals surface area (Å²) in [6.07, 6.45) is 10.7. The Bertz CT molecular complexity index is 1040. The minimum Gasteiger partial charge on any atom is -0.493 e. The number of hydrogen-bond donors (Lipinski definition) is 1. The number of fused-ring (bicyclic) bond motifs is 1. The number of nitrogens with one attached hydrogen (secondary N) is 1. The lowest BCUT2D eigenvalue weighted by atomic mass is 10.1. The van der Waals surface area contributed by atoms with E-state index >= 15 is 0 Å². The monoisotopic (exact) mass is 465 g/mol. The van der Waals surface area contributed by atoms with E-state index in [0.717, 1.165) is 30.7 Å². The van der Waals surface area contributed by atoms with Gasteiger partial charge in [-0.2, -0.15) is 0 Å². The largest absolute Gasteiger partial charge is 0.493 e. The average Bonchev–Trinajstić information content (AvgIpc) is 3.22. The molecule has 34 heavy (non-hydrogen) atoms. The number of imidazole rings is 1. The normalized spacial score (nSPS) is 11.0. The van der Waals surface area contributed by atoms with Crippen molar-refractivity contribution in [1.29, 1.82) is 0 Å². The highest BCUT2D eigenvalue weighted by Gasteiger charge is 2.12. The molecule has 0 atom stereocenters. The fraction of sp³-hybridized carbons (Fsp3) is 0.500. The van der Waals surface area contributed by atoms with Gasteiger partial charge in [0.2, 0.25) is 0 Å². The van der Waals surface area contributed by atoms with Gasteiger partial charge in [-0.1, -0.05) is 57.6 Å². The number of carbonyl (C=O) groups is 1. The van der Waals surface area contributed by atoms with Crippen LogP contribution in [0.2, 0.25) is 0 Å². The van der Waals surface area contributed by atoms with Crippen LogP contribution in [0.25, 0.3) is 11.0 Å². The van der Waals surface area contributed by atoms with Crippen LogP contribution < -0.4 is 14.8 Å². The minimum absolute atomic E-state index is 0.113. The second kappa shape index (κ2) is 13.6. The highest BCUT2D eigenvalue weighted by atomic mass is 16.5. The molecule has 0 saturated carbocycles. The fourth-order valence-electron chi connectivity index (χ4n) is 4.32. The third-order valence-electron chi connectivity index (χ3n) is 6.23. The number of unbranched alkanes of at least 4 members (excludes halogenated alkanes) is 6. The van der Waals surface area contributed by atoms with Crippen LogP contribution in [-0.2, 0) is 13.0 Å². The molecule has 3 rings (SSSR count). The van der Waals surface area contributed by atoms with Gasteiger partial charge in [0.05, 0.1) is 25.3 Å². The van der Waals surface area contributed by atoms with Gasteiger partial charge in [-0.05, 0) is 43.2 Å². The van der Waals surface area contributed by atoms with E-state index in [1.54, 1.807) is 32.4 Å². The predicted octanol–water partition coefficient (Wildman–Crippen LogP) is 6.17. The Balaban J connectivity index is 1.52. The van der Waals surface area contributed by atoms with Gasteiger partial charge in [0.25, 0.3) is 5.91 Å². The molecule has 6 heteroatoms. The average molecular weight is 466 g/mol. The lowest BCUT2D eigenvalue weighted by Crippen LogP contribution is -2.25. The predicted molar refractivity (Wildman–Crippen MR) is 138 cm³/mol. The molecule has 6 nitrogen and oxygen atoms in total. The summed E-state index contributed by atoms with van der Waals surface area (Å²) in [5.41, 5.74) is 2.82. The van der Waals surface area contributed by atoms with E-state index in [1.807, 2.05) is 6.07 Å². The maximum Gasteiger partial charge on any atom is 0.251 e. The quantitative estimate of drug-likeness (QED) is 0.273. The second-order valence-corrected chi connectivity index (χ2v) is 8.72. The third-order valence-corrected chi connectivity index (χ3v) is 6.23. The summed E-state index contributed by atoms with van der Waals surface area (Å²) in [5, 5.41) is 3.02. The molecule has 0 aliphatic carbocycles. The molecule has 1 aromatic heterocycles. The smallest absolute Gasteiger partial charge is 0.251 e. The summed E-state index contributed by atoms with van der Waals surface area (Å²) < 4.78 is 12.9. The summed E-state index contributed by atoms with van der Waals surface area (Å²) >= 11 is 0. The topological polar surface area (TPSA) is 65.4 Å². The van der Waals surface area contributed by atoms with Crippen LogP contribution in [-0.4, -0.2) is 36.2 Å². The molecule has 0 bridgehead atoms. The first-order valence-corrected chi connectivity index (χ1v) is 12.6. The van der Waals surface area contributed by atoms with E-state index in [4.69, 9.17) is 14.5 Å². The zero-order chi connectivity index (χ0) is 24.2. The molecule has 0 fully saturated rings. The van der Waals surface area contributed by atoms with Crippen molar-refractivity contribution < 1.29 is 14.3 Å². The zero-order valence-electron chi connectivity index (χ0n) is 20.9. The molecule has 0 saturated heterocycles. The summed E-state index contributed by atoms with van der Waals surface area (Å²) in [5.74, 6) is 2.15. The molecular formula is C28H39N3O3. The summed E-state index contributed by atoms with van der Waals surface area (Å²) in [6, 6.07) is 13.6. The van der Waals surface area contributed by atoms with E-state index < -0.39 is 0 Å². The van der Waals surface area contributed by atoms with Crippen LogP contribution in [0.3, 0.4) is 0 Å². The number of benzene rings is 2. The molecule has 184 valence electrons. The van der Waals surface area contributed by atoms with Crippen LogP contribution in [0.4, 0.5) is 0 Å². The lowest BCUT2D eigenvalue weighted by molar-refractivity contribution is 0.0952. The number of ether oxygens (including phenoxy) is 2. The number of nitrogens with zero attached hydrogens (tertiary/aromatic N) is 2. The van der Waals surface area contributed by atoms with Gasteiger partial charge in [-0.25, -0.2) is 4.98 Å². The van der Waals surface area contributed by atoms with Crippen LogP contribution in [0.15, 0.2) is 42.5 Å². The van der Waals surface area contributed by atoms with Crippen molar-refractivity contribution in [3.63, 3.8) is 0 Å². The van der Waals surface area contributed by atoms with Gasteiger partial charge >= 0.3 is 0 Å². The molecule has 1 heterocycles. The number of para-hydroxylation sites is 2. The minimum atomic E-state index is -0.113. The van der Waals surface area contributed by atoms with Crippen molar-refractivity contribution >= 4 is 16.9 Å². The van der Waals surface area contributed by atoms with E-state index in [0.29, 0.717) is 23.6 Å². The van der Waals surface area contributed by atoms with Crippen LogP contribution in [0.5, 0.6) is 11.5 Å². The standard InChI is InChI=1S/C28H39N3O3/c1-4-5-6-7-8-9-12-20-31-24-15-11-10-14-23(24)30-27(31)16-13-19-29-28(32)22-17-18-25(33-2)26(21-22)34-3/h10-11,14-15,17-18,21H,4-9,12-13,16,19-20H2,1-3H3,(H,29,32). The maximum atomic E-state index is 12.6. The van der Waals surface area contributed by atoms with E-state index in [9.17, 15) is 4.79 Å². The van der Waals surface area contributed by atoms with Crippen LogP contribution in [0.1, 0.15) is 74.5 Å². The highest BCUT2D eigenvalue weighted by Crippen LogP contribution is 2.27. The zero-order valence-corrected chi connectivity index (χ0v) is 20.9. The van der Waals surface area contributed by atoms with Crippen molar-refractivity contribution in [2.24, 2.45) is 0 Å². The van der Waals surface area contributed by atoms with Crippen LogP contribution in [0, 0.1) is 0 Å². The Labute approximate surface area is 203 Å². The van der Waals surface area contributed by atoms with E-state index in [2.05, 4.69) is 35.0 Å². The summed E-state index contributed by atoms with van der Waals surface area (Å²) in [4.78, 5) is 17.5. The van der Waals surface area contributed by atoms with Gasteiger partial charge in [0.1, 0.15) is 5.82 Å². The first kappa shape index (κ1) is 25.6. The van der Waals surface area contributed by atoms with Crippen molar-refractivity contribution in [2.75, 3.05) is 20.8 Å². The SMILES string of the molecule is CCCCCCCCCn1c(CCCNC(=O)c2ccc(OC)c(OC)c2)nc2ccccc21. The third kappa shape index (κ3) is 6.99. The molecule has 1 N–H and O–H groups in total. The Kier molecular flexibility index (Phi) is 10.3. The number of rotatable bonds is 15. The van der Waals surface area contributed by atoms with Crippen molar-refractivity contribution in [2.45, 2.75) is 71.3 Å². The van der Waals surface area contributed by atoms with Gasteiger partial charge in [0.15, 0.2) is 11.5 Å². The van der Waals surface area contributed by atoms with Gasteiger partial charge in [-0.15, -0.1) is 0 Å². The van der Waals surface area contributed by atoms with Crippen LogP contribution >= 0.6 is 0 Å².